The number of rotatable bonds is 9. The first-order valence-corrected chi connectivity index (χ1v) is 12.6. The van der Waals surface area contributed by atoms with Crippen molar-refractivity contribution < 1.29 is 9.50 Å². The van der Waals surface area contributed by atoms with E-state index < -0.39 is 6.29 Å². The number of halogens is 1. The third-order valence-electron chi connectivity index (χ3n) is 6.14. The lowest BCUT2D eigenvalue weighted by Crippen LogP contribution is -2.39. The quantitative estimate of drug-likeness (QED) is 0.353. The van der Waals surface area contributed by atoms with E-state index in [1.807, 2.05) is 39.0 Å². The van der Waals surface area contributed by atoms with Gasteiger partial charge in [-0.05, 0) is 62.5 Å². The normalized spacial score (nSPS) is 18.4. The fourth-order valence-electron chi connectivity index (χ4n) is 4.29. The number of nitroso groups, excluding NO2 is 1. The molecule has 35 heavy (non-hydrogen) atoms. The Morgan fingerprint density at radius 2 is 1.94 bits per heavy atom. The lowest BCUT2D eigenvalue weighted by molar-refractivity contribution is -0.496. The maximum atomic E-state index is 12.6. The van der Waals surface area contributed by atoms with Crippen molar-refractivity contribution in [2.24, 2.45) is 4.99 Å². The zero-order valence-corrected chi connectivity index (χ0v) is 21.2. The van der Waals surface area contributed by atoms with Crippen molar-refractivity contribution in [2.45, 2.75) is 51.9 Å². The minimum Gasteiger partial charge on any atom is -0.492 e. The Morgan fingerprint density at radius 3 is 2.69 bits per heavy atom. The average molecular weight is 498 g/mol. The minimum atomic E-state index is -0.468. The van der Waals surface area contributed by atoms with Crippen LogP contribution in [-0.4, -0.2) is 43.0 Å². The fraction of sp³-hybridized carbons (Fsp3) is 0.423. The molecule has 4 N–H and O–H groups in total. The topological polar surface area (TPSA) is 89.8 Å². The van der Waals surface area contributed by atoms with E-state index in [1.54, 1.807) is 12.3 Å². The van der Waals surface area contributed by atoms with Gasteiger partial charge < -0.3 is 26.0 Å². The lowest BCUT2D eigenvalue weighted by Gasteiger charge is -2.27. The van der Waals surface area contributed by atoms with E-state index in [9.17, 15) is 4.91 Å². The van der Waals surface area contributed by atoms with Gasteiger partial charge in [0.1, 0.15) is 17.3 Å². The van der Waals surface area contributed by atoms with Crippen molar-refractivity contribution in [2.75, 3.05) is 30.3 Å². The molecule has 4 rings (SSSR count). The van der Waals surface area contributed by atoms with Crippen LogP contribution in [-0.2, 0) is 0 Å². The summed E-state index contributed by atoms with van der Waals surface area (Å²) in [5.74, 6) is 1.91. The van der Waals surface area contributed by atoms with E-state index in [2.05, 4.69) is 44.5 Å². The van der Waals surface area contributed by atoms with Gasteiger partial charge in [0.15, 0.2) is 6.29 Å². The van der Waals surface area contributed by atoms with Gasteiger partial charge in [0.25, 0.3) is 5.69 Å². The molecule has 2 heterocycles. The molecule has 1 saturated heterocycles. The smallest absolute Gasteiger partial charge is 0.279 e. The monoisotopic (exact) mass is 497 g/mol. The third kappa shape index (κ3) is 6.13. The van der Waals surface area contributed by atoms with Crippen LogP contribution in [0.5, 0.6) is 5.75 Å². The standard InChI is InChI=1S/C26H34ClN6O2/c1-4-35-24-15-19(18-11-13-28-14-12-18)9-10-22(24)31-26-29-16-20(27)25(32-26)30-21-7-5-6-8-23(21)33(34)17(2)3/h5-10,15-18,26,28,30-32H,4,11-14H2,1-3H3/q+1. The Morgan fingerprint density at radius 1 is 1.17 bits per heavy atom. The van der Waals surface area contributed by atoms with Crippen molar-refractivity contribution in [3.63, 3.8) is 0 Å². The molecule has 1 atom stereocenters. The fourth-order valence-corrected chi connectivity index (χ4v) is 4.45. The van der Waals surface area contributed by atoms with Crippen molar-refractivity contribution >= 4 is 34.9 Å². The molecule has 2 aromatic rings. The Bertz CT molecular complexity index is 1110. The van der Waals surface area contributed by atoms with Crippen LogP contribution in [0.4, 0.5) is 17.1 Å². The maximum absolute atomic E-state index is 12.6. The van der Waals surface area contributed by atoms with E-state index in [4.69, 9.17) is 16.3 Å². The van der Waals surface area contributed by atoms with Crippen LogP contribution in [0.3, 0.4) is 0 Å². The Hall–Kier alpha value is -3.10. The van der Waals surface area contributed by atoms with Crippen LogP contribution in [0.15, 0.2) is 58.3 Å². The number of hydrogen-bond donors (Lipinski definition) is 4. The highest BCUT2D eigenvalue weighted by Crippen LogP contribution is 2.34. The Kier molecular flexibility index (Phi) is 8.25. The van der Waals surface area contributed by atoms with Crippen LogP contribution in [0.25, 0.3) is 0 Å². The average Bonchev–Trinajstić information content (AvgIpc) is 2.87. The zero-order valence-electron chi connectivity index (χ0n) is 20.5. The van der Waals surface area contributed by atoms with E-state index in [0.29, 0.717) is 34.8 Å². The molecule has 0 bridgehead atoms. The van der Waals surface area contributed by atoms with Crippen LogP contribution >= 0.6 is 11.6 Å². The number of nitrogens with one attached hydrogen (secondary N) is 4. The summed E-state index contributed by atoms with van der Waals surface area (Å²) in [5, 5.41) is 13.8. The number of hydrogen-bond acceptors (Lipinski definition) is 7. The van der Waals surface area contributed by atoms with Crippen molar-refractivity contribution in [3.05, 3.63) is 63.8 Å². The maximum Gasteiger partial charge on any atom is 0.279 e. The molecule has 0 aliphatic carbocycles. The highest BCUT2D eigenvalue weighted by atomic mass is 35.5. The largest absolute Gasteiger partial charge is 0.492 e. The molecule has 1 fully saturated rings. The number of para-hydroxylation sites is 2. The van der Waals surface area contributed by atoms with Gasteiger partial charge in [0, 0.05) is 35.8 Å². The molecule has 2 aromatic carbocycles. The molecular weight excluding hydrogens is 464 g/mol. The molecule has 2 aliphatic heterocycles. The summed E-state index contributed by atoms with van der Waals surface area (Å²) in [7, 11) is 0. The van der Waals surface area contributed by atoms with Crippen LogP contribution < -0.4 is 26.0 Å². The van der Waals surface area contributed by atoms with Gasteiger partial charge in [0.2, 0.25) is 6.04 Å². The number of ether oxygens (including phenoxy) is 1. The molecule has 8 nitrogen and oxygen atoms in total. The summed E-state index contributed by atoms with van der Waals surface area (Å²) in [5.41, 5.74) is 3.35. The van der Waals surface area contributed by atoms with E-state index >= 15 is 0 Å². The number of benzene rings is 2. The van der Waals surface area contributed by atoms with Gasteiger partial charge in [-0.2, -0.15) is 0 Å². The Labute approximate surface area is 211 Å². The Balaban J connectivity index is 1.50. The number of aliphatic imine (C=N–C) groups is 1. The first-order valence-electron chi connectivity index (χ1n) is 12.2. The molecule has 0 amide bonds. The molecule has 1 unspecified atom stereocenters. The predicted octanol–water partition coefficient (Wildman–Crippen LogP) is 5.26. The van der Waals surface area contributed by atoms with E-state index in [-0.39, 0.29) is 6.04 Å². The van der Waals surface area contributed by atoms with Crippen LogP contribution in [0.2, 0.25) is 0 Å². The second-order valence-corrected chi connectivity index (χ2v) is 9.37. The first kappa shape index (κ1) is 25.0. The first-order chi connectivity index (χ1) is 17.0. The van der Waals surface area contributed by atoms with Gasteiger partial charge in [-0.15, -0.1) is 0 Å². The number of piperidine rings is 1. The van der Waals surface area contributed by atoms with Gasteiger partial charge in [-0.1, -0.05) is 29.8 Å². The number of allylic oxidation sites excluding steroid dienone is 1. The highest BCUT2D eigenvalue weighted by molar-refractivity contribution is 6.40. The molecule has 0 aromatic heterocycles. The van der Waals surface area contributed by atoms with Crippen LogP contribution in [0.1, 0.15) is 45.1 Å². The molecular formula is C26H34ClN6O2+. The molecule has 186 valence electrons. The lowest BCUT2D eigenvalue weighted by atomic mass is 9.90. The molecule has 9 heteroatoms. The van der Waals surface area contributed by atoms with Gasteiger partial charge in [-0.25, -0.2) is 4.99 Å². The predicted molar refractivity (Wildman–Crippen MR) is 143 cm³/mol. The zero-order chi connectivity index (χ0) is 24.8. The van der Waals surface area contributed by atoms with Crippen molar-refractivity contribution in [3.8, 4) is 5.75 Å². The summed E-state index contributed by atoms with van der Waals surface area (Å²) in [4.78, 5) is 17.1. The van der Waals surface area contributed by atoms with Crippen molar-refractivity contribution in [1.82, 2.24) is 10.6 Å². The summed E-state index contributed by atoms with van der Waals surface area (Å²) >= 11 is 6.44. The van der Waals surface area contributed by atoms with E-state index in [1.165, 1.54) is 5.56 Å². The van der Waals surface area contributed by atoms with Crippen LogP contribution in [0, 0.1) is 4.91 Å². The molecule has 0 saturated carbocycles. The summed E-state index contributed by atoms with van der Waals surface area (Å²) in [6.45, 7) is 8.35. The second-order valence-electron chi connectivity index (χ2n) is 8.97. The van der Waals surface area contributed by atoms with Gasteiger partial charge in [0.05, 0.1) is 17.3 Å². The molecule has 0 radical (unpaired) electrons. The summed E-state index contributed by atoms with van der Waals surface area (Å²) < 4.78 is 6.94. The van der Waals surface area contributed by atoms with Gasteiger partial charge >= 0.3 is 0 Å². The highest BCUT2D eigenvalue weighted by Gasteiger charge is 2.25. The third-order valence-corrected chi connectivity index (χ3v) is 6.42. The SMILES string of the molecule is CCOc1cc(C2CCNCC2)ccc1NC1N=CC(Cl)=C(Nc2ccccc2[N+](=O)C(C)C)N1. The summed E-state index contributed by atoms with van der Waals surface area (Å²) in [6.07, 6.45) is 3.39. The minimum absolute atomic E-state index is 0.192. The number of anilines is 2. The molecule has 0 spiro atoms. The second kappa shape index (κ2) is 11.6. The summed E-state index contributed by atoms with van der Waals surface area (Å²) in [6, 6.07) is 13.5. The number of nitrogens with zero attached hydrogens (tertiary/aromatic N) is 2. The van der Waals surface area contributed by atoms with Gasteiger partial charge in [-0.3, -0.25) is 0 Å². The molecule has 2 aliphatic rings. The van der Waals surface area contributed by atoms with Crippen molar-refractivity contribution in [1.29, 1.82) is 0 Å². The van der Waals surface area contributed by atoms with E-state index in [0.717, 1.165) is 42.1 Å².